The number of allylic oxidation sites excluding steroid dienone is 4. The maximum atomic E-state index is 2.53. The van der Waals surface area contributed by atoms with Gasteiger partial charge >= 0.3 is 0 Å². The van der Waals surface area contributed by atoms with Crippen molar-refractivity contribution in [2.24, 2.45) is 0 Å². The Morgan fingerprint density at radius 2 is 1.13 bits per heavy atom. The Labute approximate surface area is 147 Å². The molecule has 0 aliphatic carbocycles. The van der Waals surface area contributed by atoms with Gasteiger partial charge in [0.1, 0.15) is 8.07 Å². The Morgan fingerprint density at radius 3 is 1.61 bits per heavy atom. The van der Waals surface area contributed by atoms with Crippen LogP contribution in [-0.2, 0) is 0 Å². The number of hydrogen-bond donors (Lipinski definition) is 0. The summed E-state index contributed by atoms with van der Waals surface area (Å²) in [5.41, 5.74) is 3.56. The van der Waals surface area contributed by atoms with Gasteiger partial charge in [-0.05, 0) is 50.8 Å². The van der Waals surface area contributed by atoms with Gasteiger partial charge < -0.3 is 0 Å². The fourth-order valence-corrected chi connectivity index (χ4v) is 10.9. The Bertz CT molecular complexity index is 406. The van der Waals surface area contributed by atoms with Crippen LogP contribution in [0.15, 0.2) is 21.5 Å². The first-order valence-corrected chi connectivity index (χ1v) is 12.9. The van der Waals surface area contributed by atoms with Crippen molar-refractivity contribution < 1.29 is 0 Å². The van der Waals surface area contributed by atoms with E-state index in [-0.39, 0.29) is 0 Å². The van der Waals surface area contributed by atoms with E-state index in [0.717, 1.165) is 0 Å². The molecule has 1 rings (SSSR count). The molecule has 0 amide bonds. The summed E-state index contributed by atoms with van der Waals surface area (Å²) in [6, 6.07) is 3.06. The average Bonchev–Trinajstić information content (AvgIpc) is 2.76. The third kappa shape index (κ3) is 4.84. The molecule has 0 N–H and O–H groups in total. The summed E-state index contributed by atoms with van der Waals surface area (Å²) in [7, 11) is -1.36. The van der Waals surface area contributed by atoms with Gasteiger partial charge in [0, 0.05) is 0 Å². The molecule has 134 valence electrons. The van der Waals surface area contributed by atoms with E-state index >= 15 is 0 Å². The minimum Gasteiger partial charge on any atom is -0.0758 e. The van der Waals surface area contributed by atoms with Crippen LogP contribution in [0.5, 0.6) is 0 Å². The third-order valence-electron chi connectivity index (χ3n) is 6.15. The zero-order valence-corrected chi connectivity index (χ0v) is 18.0. The summed E-state index contributed by atoms with van der Waals surface area (Å²) >= 11 is 0. The van der Waals surface area contributed by atoms with Gasteiger partial charge in [-0.3, -0.25) is 0 Å². The lowest BCUT2D eigenvalue weighted by Gasteiger charge is -2.33. The van der Waals surface area contributed by atoms with Crippen LogP contribution in [0.1, 0.15) is 106 Å². The van der Waals surface area contributed by atoms with E-state index in [1.165, 1.54) is 76.3 Å². The minimum atomic E-state index is -1.36. The highest BCUT2D eigenvalue weighted by Gasteiger charge is 2.43. The van der Waals surface area contributed by atoms with E-state index in [0.29, 0.717) is 0 Å². The van der Waals surface area contributed by atoms with Crippen molar-refractivity contribution in [2.45, 2.75) is 118 Å². The molecule has 0 aromatic rings. The lowest BCUT2D eigenvalue weighted by atomic mass is 9.99. The molecule has 0 spiro atoms. The molecule has 23 heavy (non-hydrogen) atoms. The average molecular weight is 335 g/mol. The maximum absolute atomic E-state index is 2.53. The summed E-state index contributed by atoms with van der Waals surface area (Å²) in [6.45, 7) is 14.4. The molecular weight excluding hydrogens is 292 g/mol. The second-order valence-electron chi connectivity index (χ2n) is 7.70. The molecule has 0 aromatic carbocycles. The van der Waals surface area contributed by atoms with Gasteiger partial charge in [-0.2, -0.15) is 0 Å². The van der Waals surface area contributed by atoms with E-state index < -0.39 is 8.07 Å². The van der Waals surface area contributed by atoms with Crippen LogP contribution in [0.25, 0.3) is 0 Å². The predicted octanol–water partition coefficient (Wildman–Crippen LogP) is 8.14. The third-order valence-corrected chi connectivity index (χ3v) is 12.1. The van der Waals surface area contributed by atoms with E-state index in [9.17, 15) is 0 Å². The van der Waals surface area contributed by atoms with Crippen molar-refractivity contribution in [3.05, 3.63) is 21.5 Å². The first-order valence-electron chi connectivity index (χ1n) is 10.5. The lowest BCUT2D eigenvalue weighted by molar-refractivity contribution is 0.760. The van der Waals surface area contributed by atoms with Crippen LogP contribution >= 0.6 is 0 Å². The molecule has 0 saturated heterocycles. The fourth-order valence-electron chi connectivity index (χ4n) is 4.52. The van der Waals surface area contributed by atoms with Crippen molar-refractivity contribution in [3.8, 4) is 0 Å². The minimum absolute atomic E-state index is 1.33. The quantitative estimate of drug-likeness (QED) is 0.316. The zero-order chi connectivity index (χ0) is 17.3. The molecule has 1 heteroatoms. The molecule has 0 saturated carbocycles. The van der Waals surface area contributed by atoms with Gasteiger partial charge in [0.25, 0.3) is 0 Å². The van der Waals surface area contributed by atoms with Crippen molar-refractivity contribution >= 4 is 8.07 Å². The highest BCUT2D eigenvalue weighted by molar-refractivity contribution is 6.93. The van der Waals surface area contributed by atoms with Gasteiger partial charge in [0.05, 0.1) is 0 Å². The largest absolute Gasteiger partial charge is 0.109 e. The van der Waals surface area contributed by atoms with Crippen LogP contribution < -0.4 is 0 Å². The predicted molar refractivity (Wildman–Crippen MR) is 110 cm³/mol. The Balaban J connectivity index is 3.25. The molecule has 0 bridgehead atoms. The lowest BCUT2D eigenvalue weighted by Crippen LogP contribution is -2.37. The van der Waals surface area contributed by atoms with Crippen LogP contribution in [0.4, 0.5) is 0 Å². The second-order valence-corrected chi connectivity index (χ2v) is 12.2. The molecular formula is C22H42Si. The Kier molecular flexibility index (Phi) is 9.50. The molecule has 0 radical (unpaired) electrons. The SMILES string of the molecule is CCCCC1=C(CCCC)[Si](CCCC)(CCCC)C(C)=C1C. The highest BCUT2D eigenvalue weighted by atomic mass is 28.3. The summed E-state index contributed by atoms with van der Waals surface area (Å²) in [6.07, 6.45) is 13.8. The van der Waals surface area contributed by atoms with Gasteiger partial charge in [-0.25, -0.2) is 0 Å². The molecule has 1 heterocycles. The van der Waals surface area contributed by atoms with Gasteiger partial charge in [0.2, 0.25) is 0 Å². The van der Waals surface area contributed by atoms with E-state index in [2.05, 4.69) is 41.5 Å². The Morgan fingerprint density at radius 1 is 0.652 bits per heavy atom. The summed E-state index contributed by atoms with van der Waals surface area (Å²) in [5, 5.41) is 3.88. The Hall–Kier alpha value is -0.303. The molecule has 0 atom stereocenters. The molecule has 0 aromatic heterocycles. The van der Waals surface area contributed by atoms with Crippen molar-refractivity contribution in [3.63, 3.8) is 0 Å². The fraction of sp³-hybridized carbons (Fsp3) is 0.818. The summed E-state index contributed by atoms with van der Waals surface area (Å²) < 4.78 is 0. The normalized spacial score (nSPS) is 17.5. The van der Waals surface area contributed by atoms with Crippen LogP contribution in [0, 0.1) is 0 Å². The van der Waals surface area contributed by atoms with Crippen LogP contribution in [-0.4, -0.2) is 8.07 Å². The first kappa shape index (κ1) is 20.7. The monoisotopic (exact) mass is 334 g/mol. The van der Waals surface area contributed by atoms with Crippen LogP contribution in [0.3, 0.4) is 0 Å². The van der Waals surface area contributed by atoms with E-state index in [1.54, 1.807) is 5.57 Å². The summed E-state index contributed by atoms with van der Waals surface area (Å²) in [4.78, 5) is 0. The van der Waals surface area contributed by atoms with Crippen molar-refractivity contribution in [1.29, 1.82) is 0 Å². The summed E-state index contributed by atoms with van der Waals surface area (Å²) in [5.74, 6) is 0. The van der Waals surface area contributed by atoms with E-state index in [1.807, 2.05) is 16.0 Å². The molecule has 0 fully saturated rings. The number of hydrogen-bond acceptors (Lipinski definition) is 0. The van der Waals surface area contributed by atoms with Crippen molar-refractivity contribution in [1.82, 2.24) is 0 Å². The zero-order valence-electron chi connectivity index (χ0n) is 17.0. The van der Waals surface area contributed by atoms with Gasteiger partial charge in [0.15, 0.2) is 0 Å². The molecule has 0 nitrogen and oxygen atoms in total. The topological polar surface area (TPSA) is 0 Å². The number of rotatable bonds is 12. The first-order chi connectivity index (χ1) is 11.1. The smallest absolute Gasteiger partial charge is 0.0758 e. The van der Waals surface area contributed by atoms with Gasteiger partial charge in [-0.1, -0.05) is 88.6 Å². The van der Waals surface area contributed by atoms with Crippen LogP contribution in [0.2, 0.25) is 12.1 Å². The standard InChI is InChI=1S/C22H42Si/c1-7-11-15-21-19(5)20(6)23(17-13-9-3,18-14-10-4)22(21)16-12-8-2/h7-18H2,1-6H3. The number of unbranched alkanes of at least 4 members (excludes halogenated alkanes) is 4. The van der Waals surface area contributed by atoms with E-state index in [4.69, 9.17) is 0 Å². The maximum Gasteiger partial charge on any atom is 0.109 e. The molecule has 1 aliphatic heterocycles. The second kappa shape index (κ2) is 10.5. The molecule has 0 unspecified atom stereocenters. The highest BCUT2D eigenvalue weighted by Crippen LogP contribution is 2.48. The molecule has 1 aliphatic rings. The van der Waals surface area contributed by atoms with Crippen molar-refractivity contribution in [2.75, 3.05) is 0 Å². The van der Waals surface area contributed by atoms with Gasteiger partial charge in [-0.15, -0.1) is 0 Å².